The molecule has 1 unspecified atom stereocenters. The Morgan fingerprint density at radius 3 is 2.95 bits per heavy atom. The highest BCUT2D eigenvalue weighted by molar-refractivity contribution is 5.71. The monoisotopic (exact) mass is 286 g/mol. The minimum absolute atomic E-state index is 0.483. The summed E-state index contributed by atoms with van der Waals surface area (Å²) >= 11 is 0. The molecular weight excluding hydrogens is 264 g/mol. The quantitative estimate of drug-likeness (QED) is 0.920. The van der Waals surface area contributed by atoms with Gasteiger partial charge in [-0.2, -0.15) is 0 Å². The molecule has 0 bridgehead atoms. The van der Waals surface area contributed by atoms with Gasteiger partial charge in [-0.1, -0.05) is 0 Å². The average Bonchev–Trinajstić information content (AvgIpc) is 2.96. The molecule has 1 atom stereocenters. The number of rotatable bonds is 2. The van der Waals surface area contributed by atoms with Crippen LogP contribution in [0.3, 0.4) is 0 Å². The Balaban J connectivity index is 1.79. The van der Waals surface area contributed by atoms with Crippen LogP contribution in [0.1, 0.15) is 43.5 Å². The van der Waals surface area contributed by atoms with E-state index in [1.807, 2.05) is 12.3 Å². The van der Waals surface area contributed by atoms with Crippen molar-refractivity contribution < 1.29 is 4.74 Å². The summed E-state index contributed by atoms with van der Waals surface area (Å²) in [5, 5.41) is 3.52. The summed E-state index contributed by atoms with van der Waals surface area (Å²) in [5.74, 6) is 1.73. The van der Waals surface area contributed by atoms with Crippen molar-refractivity contribution in [3.63, 3.8) is 0 Å². The van der Waals surface area contributed by atoms with E-state index in [4.69, 9.17) is 9.72 Å². The van der Waals surface area contributed by atoms with Gasteiger partial charge < -0.3 is 14.6 Å². The van der Waals surface area contributed by atoms with Gasteiger partial charge in [-0.15, -0.1) is 0 Å². The largest absolute Gasteiger partial charge is 0.381 e. The summed E-state index contributed by atoms with van der Waals surface area (Å²) in [5.41, 5.74) is 2.08. The number of pyridine rings is 1. The molecule has 0 spiro atoms. The molecular formula is C16H22N4O. The molecule has 0 saturated carbocycles. The Morgan fingerprint density at radius 1 is 1.24 bits per heavy atom. The van der Waals surface area contributed by atoms with Crippen LogP contribution >= 0.6 is 0 Å². The minimum atomic E-state index is 0.483. The van der Waals surface area contributed by atoms with E-state index in [2.05, 4.69) is 20.9 Å². The van der Waals surface area contributed by atoms with E-state index in [9.17, 15) is 0 Å². The molecule has 2 saturated heterocycles. The predicted molar refractivity (Wildman–Crippen MR) is 81.5 cm³/mol. The summed E-state index contributed by atoms with van der Waals surface area (Å²) in [6, 6.07) is 4.54. The van der Waals surface area contributed by atoms with E-state index in [0.29, 0.717) is 12.0 Å². The molecule has 2 fully saturated rings. The first-order chi connectivity index (χ1) is 10.4. The normalized spacial score (nSPS) is 24.5. The molecule has 2 aliphatic rings. The molecule has 2 aromatic heterocycles. The third-order valence-corrected chi connectivity index (χ3v) is 4.70. The molecule has 4 heterocycles. The van der Waals surface area contributed by atoms with E-state index in [0.717, 1.165) is 50.3 Å². The maximum absolute atomic E-state index is 5.52. The third kappa shape index (κ3) is 2.45. The molecule has 1 N–H and O–H groups in total. The molecule has 0 aromatic carbocycles. The number of ether oxygens (including phenoxy) is 1. The fraction of sp³-hybridized carbons (Fsp3) is 0.625. The summed E-state index contributed by atoms with van der Waals surface area (Å²) in [7, 11) is 0. The lowest BCUT2D eigenvalue weighted by Gasteiger charge is -2.29. The summed E-state index contributed by atoms with van der Waals surface area (Å²) < 4.78 is 7.93. The zero-order chi connectivity index (χ0) is 14.1. The zero-order valence-corrected chi connectivity index (χ0v) is 12.3. The summed E-state index contributed by atoms with van der Waals surface area (Å²) in [6.07, 6.45) is 6.47. The Hall–Kier alpha value is -1.46. The lowest BCUT2D eigenvalue weighted by molar-refractivity contribution is 0.0824. The van der Waals surface area contributed by atoms with Gasteiger partial charge in [0.25, 0.3) is 0 Å². The average molecular weight is 286 g/mol. The van der Waals surface area contributed by atoms with Gasteiger partial charge in [0.15, 0.2) is 5.65 Å². The Kier molecular flexibility index (Phi) is 3.61. The van der Waals surface area contributed by atoms with Gasteiger partial charge in [0.2, 0.25) is 0 Å². The molecule has 5 heteroatoms. The second-order valence-electron chi connectivity index (χ2n) is 6.07. The van der Waals surface area contributed by atoms with Crippen molar-refractivity contribution >= 4 is 11.2 Å². The second-order valence-corrected chi connectivity index (χ2v) is 6.07. The van der Waals surface area contributed by atoms with Crippen molar-refractivity contribution in [2.75, 3.05) is 26.3 Å². The molecule has 5 nitrogen and oxygen atoms in total. The second kappa shape index (κ2) is 5.73. The van der Waals surface area contributed by atoms with Crippen LogP contribution in [-0.2, 0) is 4.74 Å². The van der Waals surface area contributed by atoms with Crippen molar-refractivity contribution in [1.82, 2.24) is 19.9 Å². The highest BCUT2D eigenvalue weighted by atomic mass is 16.5. The fourth-order valence-corrected chi connectivity index (χ4v) is 3.60. The topological polar surface area (TPSA) is 52.0 Å². The summed E-state index contributed by atoms with van der Waals surface area (Å²) in [6.45, 7) is 3.86. The SMILES string of the molecule is c1cnc2c(c1)nc(C1CCOCC1)n2C1CCCNC1. The van der Waals surface area contributed by atoms with Gasteiger partial charge in [0.05, 0.1) is 0 Å². The molecule has 112 valence electrons. The standard InChI is InChI=1S/C16H22N4O/c1-3-13(11-17-7-1)20-15(12-5-9-21-10-6-12)19-14-4-2-8-18-16(14)20/h2,4,8,12-13,17H,1,3,5-7,9-11H2. The number of imidazole rings is 1. The molecule has 0 amide bonds. The zero-order valence-electron chi connectivity index (χ0n) is 12.3. The lowest BCUT2D eigenvalue weighted by Crippen LogP contribution is -2.33. The van der Waals surface area contributed by atoms with E-state index in [1.165, 1.54) is 18.7 Å². The van der Waals surface area contributed by atoms with Gasteiger partial charge in [-0.05, 0) is 44.4 Å². The van der Waals surface area contributed by atoms with E-state index >= 15 is 0 Å². The minimum Gasteiger partial charge on any atom is -0.381 e. The number of piperidine rings is 1. The van der Waals surface area contributed by atoms with Crippen LogP contribution in [0.15, 0.2) is 18.3 Å². The number of hydrogen-bond donors (Lipinski definition) is 1. The first kappa shape index (κ1) is 13.2. The van der Waals surface area contributed by atoms with Crippen LogP contribution < -0.4 is 5.32 Å². The highest BCUT2D eigenvalue weighted by Crippen LogP contribution is 2.32. The first-order valence-electron chi connectivity index (χ1n) is 8.05. The van der Waals surface area contributed by atoms with E-state index in [-0.39, 0.29) is 0 Å². The van der Waals surface area contributed by atoms with Gasteiger partial charge in [-0.25, -0.2) is 9.97 Å². The maximum atomic E-state index is 5.52. The first-order valence-corrected chi connectivity index (χ1v) is 8.05. The van der Waals surface area contributed by atoms with Gasteiger partial charge in [0.1, 0.15) is 11.3 Å². The van der Waals surface area contributed by atoms with Crippen LogP contribution in [0, 0.1) is 0 Å². The van der Waals surface area contributed by atoms with Crippen LogP contribution in [0.25, 0.3) is 11.2 Å². The lowest BCUT2D eigenvalue weighted by atomic mass is 9.98. The molecule has 0 aliphatic carbocycles. The number of aromatic nitrogens is 3. The fourth-order valence-electron chi connectivity index (χ4n) is 3.60. The Labute approximate surface area is 124 Å². The van der Waals surface area contributed by atoms with E-state index < -0.39 is 0 Å². The molecule has 2 aromatic rings. The van der Waals surface area contributed by atoms with Crippen molar-refractivity contribution in [3.05, 3.63) is 24.2 Å². The molecule has 2 aliphatic heterocycles. The Morgan fingerprint density at radius 2 is 2.14 bits per heavy atom. The van der Waals surface area contributed by atoms with Gasteiger partial charge in [-0.3, -0.25) is 0 Å². The van der Waals surface area contributed by atoms with Gasteiger partial charge in [0, 0.05) is 37.9 Å². The Bertz CT molecular complexity index is 612. The summed E-state index contributed by atoms with van der Waals surface area (Å²) in [4.78, 5) is 9.54. The smallest absolute Gasteiger partial charge is 0.160 e. The molecule has 4 rings (SSSR count). The number of hydrogen-bond acceptors (Lipinski definition) is 4. The van der Waals surface area contributed by atoms with Crippen molar-refractivity contribution in [2.45, 2.75) is 37.6 Å². The molecule has 0 radical (unpaired) electrons. The van der Waals surface area contributed by atoms with Crippen LogP contribution in [0.4, 0.5) is 0 Å². The maximum Gasteiger partial charge on any atom is 0.160 e. The van der Waals surface area contributed by atoms with Crippen LogP contribution in [-0.4, -0.2) is 40.8 Å². The van der Waals surface area contributed by atoms with Crippen molar-refractivity contribution in [2.24, 2.45) is 0 Å². The number of nitrogens with zero attached hydrogens (tertiary/aromatic N) is 3. The highest BCUT2D eigenvalue weighted by Gasteiger charge is 2.27. The van der Waals surface area contributed by atoms with Crippen molar-refractivity contribution in [1.29, 1.82) is 0 Å². The van der Waals surface area contributed by atoms with Crippen molar-refractivity contribution in [3.8, 4) is 0 Å². The predicted octanol–water partition coefficient (Wildman–Crippen LogP) is 2.25. The number of fused-ring (bicyclic) bond motifs is 1. The third-order valence-electron chi connectivity index (χ3n) is 4.70. The van der Waals surface area contributed by atoms with Crippen LogP contribution in [0.2, 0.25) is 0 Å². The van der Waals surface area contributed by atoms with Crippen LogP contribution in [0.5, 0.6) is 0 Å². The number of nitrogens with one attached hydrogen (secondary N) is 1. The van der Waals surface area contributed by atoms with Gasteiger partial charge >= 0.3 is 0 Å². The molecule has 21 heavy (non-hydrogen) atoms. The van der Waals surface area contributed by atoms with E-state index in [1.54, 1.807) is 0 Å².